The zero-order valence-electron chi connectivity index (χ0n) is 15.1. The van der Waals surface area contributed by atoms with Gasteiger partial charge in [-0.2, -0.15) is 0 Å². The van der Waals surface area contributed by atoms with Crippen LogP contribution in [0.3, 0.4) is 0 Å². The maximum Gasteiger partial charge on any atom is 0.276 e. The summed E-state index contributed by atoms with van der Waals surface area (Å²) in [6, 6.07) is 5.02. The number of amides is 3. The van der Waals surface area contributed by atoms with Gasteiger partial charge in [-0.15, -0.1) is 11.8 Å². The number of nitrogens with one attached hydrogen (secondary N) is 2. The fourth-order valence-corrected chi connectivity index (χ4v) is 4.65. The maximum absolute atomic E-state index is 12.4. The Morgan fingerprint density at radius 2 is 2.08 bits per heavy atom. The van der Waals surface area contributed by atoms with Gasteiger partial charge in [0.15, 0.2) is 6.61 Å². The Hall–Kier alpha value is -2.22. The van der Waals surface area contributed by atoms with Gasteiger partial charge in [-0.1, -0.05) is 6.07 Å². The van der Waals surface area contributed by atoms with Gasteiger partial charge < -0.3 is 9.64 Å². The number of carbonyl (C=O) groups excluding carboxylic acids is 3. The van der Waals surface area contributed by atoms with Gasteiger partial charge in [-0.25, -0.2) is 0 Å². The third-order valence-corrected chi connectivity index (χ3v) is 6.43. The number of aryl methyl sites for hydroxylation is 2. The van der Waals surface area contributed by atoms with E-state index < -0.39 is 11.9 Å². The summed E-state index contributed by atoms with van der Waals surface area (Å²) >= 11 is 1.61. The molecular weight excluding hydrogens is 354 g/mol. The van der Waals surface area contributed by atoms with Crippen molar-refractivity contribution >= 4 is 29.5 Å². The minimum Gasteiger partial charge on any atom is -0.484 e. The molecule has 7 nitrogen and oxygen atoms in total. The molecular formula is C18H23N3O4S. The Morgan fingerprint density at radius 1 is 1.31 bits per heavy atom. The van der Waals surface area contributed by atoms with E-state index in [-0.39, 0.29) is 23.3 Å². The topological polar surface area (TPSA) is 87.7 Å². The summed E-state index contributed by atoms with van der Waals surface area (Å²) in [6.45, 7) is 5.74. The number of rotatable bonds is 4. The van der Waals surface area contributed by atoms with E-state index in [0.29, 0.717) is 17.9 Å². The molecule has 2 fully saturated rings. The Balaban J connectivity index is 1.48. The molecule has 0 spiro atoms. The van der Waals surface area contributed by atoms with Crippen molar-refractivity contribution in [1.82, 2.24) is 15.8 Å². The summed E-state index contributed by atoms with van der Waals surface area (Å²) in [7, 11) is 0. The van der Waals surface area contributed by atoms with E-state index in [4.69, 9.17) is 4.74 Å². The van der Waals surface area contributed by atoms with Gasteiger partial charge in [0.05, 0.1) is 4.87 Å². The number of carbonyl (C=O) groups is 3. The van der Waals surface area contributed by atoms with Crippen molar-refractivity contribution in [2.75, 3.05) is 12.4 Å². The molecule has 1 aromatic rings. The minimum atomic E-state index is -0.555. The van der Waals surface area contributed by atoms with Crippen LogP contribution < -0.4 is 15.6 Å². The SMILES string of the molecule is Cc1ccc(OCC(=O)NNC(=O)[C@H]2CS[C@@]3(C)CCC(=O)N23)cc1C. The summed E-state index contributed by atoms with van der Waals surface area (Å²) in [5.74, 6) is 0.277. The average molecular weight is 377 g/mol. The molecule has 8 heteroatoms. The van der Waals surface area contributed by atoms with E-state index in [1.54, 1.807) is 22.7 Å². The summed E-state index contributed by atoms with van der Waals surface area (Å²) in [4.78, 5) is 37.7. The van der Waals surface area contributed by atoms with E-state index in [9.17, 15) is 14.4 Å². The monoisotopic (exact) mass is 377 g/mol. The van der Waals surface area contributed by atoms with Crippen molar-refractivity contribution in [2.45, 2.75) is 44.5 Å². The number of hydrogen-bond donors (Lipinski definition) is 2. The first-order valence-electron chi connectivity index (χ1n) is 8.55. The van der Waals surface area contributed by atoms with Gasteiger partial charge in [-0.3, -0.25) is 25.2 Å². The van der Waals surface area contributed by atoms with Crippen LogP contribution in [0.4, 0.5) is 0 Å². The highest BCUT2D eigenvalue weighted by atomic mass is 32.2. The Morgan fingerprint density at radius 3 is 2.81 bits per heavy atom. The molecule has 1 aromatic carbocycles. The predicted molar refractivity (Wildman–Crippen MR) is 98.4 cm³/mol. The Kier molecular flexibility index (Phi) is 5.13. The highest BCUT2D eigenvalue weighted by Crippen LogP contribution is 2.47. The molecule has 0 aliphatic carbocycles. The second kappa shape index (κ2) is 7.19. The van der Waals surface area contributed by atoms with Crippen LogP contribution in [0.2, 0.25) is 0 Å². The highest BCUT2D eigenvalue weighted by Gasteiger charge is 2.52. The predicted octanol–water partition coefficient (Wildman–Crippen LogP) is 1.28. The van der Waals surface area contributed by atoms with Crippen LogP contribution in [0.5, 0.6) is 5.75 Å². The van der Waals surface area contributed by atoms with E-state index in [1.165, 1.54) is 0 Å². The molecule has 0 aromatic heterocycles. The molecule has 0 radical (unpaired) electrons. The van der Waals surface area contributed by atoms with E-state index in [2.05, 4.69) is 10.9 Å². The quantitative estimate of drug-likeness (QED) is 0.772. The maximum atomic E-state index is 12.4. The molecule has 0 saturated carbocycles. The van der Waals surface area contributed by atoms with Crippen molar-refractivity contribution in [3.63, 3.8) is 0 Å². The van der Waals surface area contributed by atoms with Gasteiger partial charge in [0.1, 0.15) is 11.8 Å². The van der Waals surface area contributed by atoms with Crippen molar-refractivity contribution in [3.8, 4) is 5.75 Å². The first-order valence-corrected chi connectivity index (χ1v) is 9.53. The van der Waals surface area contributed by atoms with Gasteiger partial charge in [0.25, 0.3) is 11.8 Å². The van der Waals surface area contributed by atoms with Crippen LogP contribution in [0.15, 0.2) is 18.2 Å². The summed E-state index contributed by atoms with van der Waals surface area (Å²) < 4.78 is 5.43. The third-order valence-electron chi connectivity index (χ3n) is 4.92. The number of thioether (sulfide) groups is 1. The summed E-state index contributed by atoms with van der Waals surface area (Å²) in [5, 5.41) is 0. The van der Waals surface area contributed by atoms with Crippen molar-refractivity contribution in [3.05, 3.63) is 29.3 Å². The Labute approximate surface area is 156 Å². The molecule has 26 heavy (non-hydrogen) atoms. The molecule has 2 aliphatic rings. The lowest BCUT2D eigenvalue weighted by molar-refractivity contribution is -0.139. The number of benzene rings is 1. The van der Waals surface area contributed by atoms with Crippen LogP contribution in [0.25, 0.3) is 0 Å². The fourth-order valence-electron chi connectivity index (χ4n) is 3.22. The first kappa shape index (κ1) is 18.6. The second-order valence-corrected chi connectivity index (χ2v) is 8.34. The molecule has 2 N–H and O–H groups in total. The first-order chi connectivity index (χ1) is 12.3. The van der Waals surface area contributed by atoms with Gasteiger partial charge >= 0.3 is 0 Å². The second-order valence-electron chi connectivity index (χ2n) is 6.84. The lowest BCUT2D eigenvalue weighted by Crippen LogP contribution is -2.54. The molecule has 2 heterocycles. The van der Waals surface area contributed by atoms with Crippen molar-refractivity contribution in [2.24, 2.45) is 0 Å². The standard InChI is InChI=1S/C18H23N3O4S/c1-11-4-5-13(8-12(11)2)25-9-15(22)19-20-17(24)14-10-26-18(3)7-6-16(23)21(14)18/h4-5,8,14H,6-7,9-10H2,1-3H3,(H,19,22)(H,20,24)/t14-,18+/m1/s1. The third kappa shape index (κ3) is 3.65. The average Bonchev–Trinajstić information content (AvgIpc) is 3.10. The molecule has 3 amide bonds. The van der Waals surface area contributed by atoms with Crippen molar-refractivity contribution < 1.29 is 19.1 Å². The van der Waals surface area contributed by atoms with E-state index in [1.807, 2.05) is 32.9 Å². The molecule has 3 rings (SSSR count). The molecule has 140 valence electrons. The lowest BCUT2D eigenvalue weighted by atomic mass is 10.1. The molecule has 0 unspecified atom stereocenters. The Bertz CT molecular complexity index is 754. The van der Waals surface area contributed by atoms with E-state index >= 15 is 0 Å². The minimum absolute atomic E-state index is 0.0120. The van der Waals surface area contributed by atoms with Gasteiger partial charge in [0, 0.05) is 12.2 Å². The van der Waals surface area contributed by atoms with Crippen LogP contribution in [0, 0.1) is 13.8 Å². The number of nitrogens with zero attached hydrogens (tertiary/aromatic N) is 1. The number of ether oxygens (including phenoxy) is 1. The number of hydrogen-bond acceptors (Lipinski definition) is 5. The fraction of sp³-hybridized carbons (Fsp3) is 0.500. The summed E-state index contributed by atoms with van der Waals surface area (Å²) in [6.07, 6.45) is 1.21. The zero-order valence-corrected chi connectivity index (χ0v) is 15.9. The molecule has 2 aliphatic heterocycles. The lowest BCUT2D eigenvalue weighted by Gasteiger charge is -2.29. The van der Waals surface area contributed by atoms with Crippen LogP contribution in [-0.4, -0.2) is 45.9 Å². The summed E-state index contributed by atoms with van der Waals surface area (Å²) in [5.41, 5.74) is 6.98. The largest absolute Gasteiger partial charge is 0.484 e. The smallest absolute Gasteiger partial charge is 0.276 e. The van der Waals surface area contributed by atoms with Gasteiger partial charge in [-0.05, 0) is 50.5 Å². The van der Waals surface area contributed by atoms with Gasteiger partial charge in [0.2, 0.25) is 5.91 Å². The number of hydrazine groups is 1. The molecule has 0 bridgehead atoms. The van der Waals surface area contributed by atoms with Crippen LogP contribution in [0.1, 0.15) is 30.9 Å². The van der Waals surface area contributed by atoms with Crippen LogP contribution >= 0.6 is 11.8 Å². The van der Waals surface area contributed by atoms with Crippen molar-refractivity contribution in [1.29, 1.82) is 0 Å². The van der Waals surface area contributed by atoms with Crippen LogP contribution in [-0.2, 0) is 14.4 Å². The highest BCUT2D eigenvalue weighted by molar-refractivity contribution is 8.01. The molecule has 2 atom stereocenters. The van der Waals surface area contributed by atoms with E-state index in [0.717, 1.165) is 17.5 Å². The normalized spacial score (nSPS) is 24.3. The zero-order chi connectivity index (χ0) is 18.9. The molecule has 2 saturated heterocycles. The number of fused-ring (bicyclic) bond motifs is 1.